The third-order valence-corrected chi connectivity index (χ3v) is 1.77. The van der Waals surface area contributed by atoms with E-state index in [0.29, 0.717) is 0 Å². The number of alkyl halides is 3. The first-order chi connectivity index (χ1) is 6.06. The lowest BCUT2D eigenvalue weighted by atomic mass is 10.1. The molecule has 0 fully saturated rings. The Bertz CT molecular complexity index is 363. The monoisotopic (exact) mass is 211 g/mol. The number of hydrogen-bond acceptors (Lipinski definition) is 1. The van der Waals surface area contributed by atoms with Crippen LogP contribution < -0.4 is 5.56 Å². The van der Waals surface area contributed by atoms with Crippen molar-refractivity contribution in [2.45, 2.75) is 12.3 Å². The molecule has 6 heteroatoms. The molecule has 2 nitrogen and oxygen atoms in total. The third-order valence-electron chi connectivity index (χ3n) is 1.48. The van der Waals surface area contributed by atoms with Crippen LogP contribution in [0.4, 0.5) is 13.2 Å². The highest BCUT2D eigenvalue weighted by molar-refractivity contribution is 6.17. The largest absolute Gasteiger partial charge is 0.298 e. The van der Waals surface area contributed by atoms with Crippen molar-refractivity contribution >= 4 is 11.6 Å². The van der Waals surface area contributed by atoms with E-state index >= 15 is 0 Å². The molecule has 0 spiro atoms. The molecule has 0 amide bonds. The highest BCUT2D eigenvalue weighted by Gasteiger charge is 2.18. The minimum atomic E-state index is -2.98. The molecule has 0 bridgehead atoms. The molecule has 0 aliphatic heterocycles. The van der Waals surface area contributed by atoms with Crippen molar-refractivity contribution in [1.82, 2.24) is 4.98 Å². The second-order valence-electron chi connectivity index (χ2n) is 2.32. The zero-order valence-corrected chi connectivity index (χ0v) is 7.04. The van der Waals surface area contributed by atoms with E-state index in [0.717, 1.165) is 6.07 Å². The van der Waals surface area contributed by atoms with Gasteiger partial charge in [-0.2, -0.15) is 4.39 Å². The van der Waals surface area contributed by atoms with Crippen LogP contribution in [0.2, 0.25) is 0 Å². The van der Waals surface area contributed by atoms with E-state index in [4.69, 9.17) is 11.6 Å². The lowest BCUT2D eigenvalue weighted by Gasteiger charge is -2.05. The van der Waals surface area contributed by atoms with Gasteiger partial charge in [-0.25, -0.2) is 8.78 Å². The second kappa shape index (κ2) is 3.83. The summed E-state index contributed by atoms with van der Waals surface area (Å²) in [4.78, 5) is 12.3. The summed E-state index contributed by atoms with van der Waals surface area (Å²) < 4.78 is 37.1. The molecule has 1 heterocycles. The van der Waals surface area contributed by atoms with E-state index in [9.17, 15) is 18.0 Å². The Balaban J connectivity index is 3.38. The molecule has 1 N–H and O–H groups in total. The molecule has 1 aromatic rings. The van der Waals surface area contributed by atoms with Crippen LogP contribution in [0.3, 0.4) is 0 Å². The van der Waals surface area contributed by atoms with Crippen LogP contribution in [0.15, 0.2) is 10.9 Å². The predicted molar refractivity (Wildman–Crippen MR) is 41.5 cm³/mol. The molecule has 13 heavy (non-hydrogen) atoms. The van der Waals surface area contributed by atoms with Crippen molar-refractivity contribution in [2.75, 3.05) is 0 Å². The van der Waals surface area contributed by atoms with Gasteiger partial charge in [0.15, 0.2) is 0 Å². The fraction of sp³-hybridized carbons (Fsp3) is 0.286. The van der Waals surface area contributed by atoms with Gasteiger partial charge in [0.1, 0.15) is 0 Å². The molecule has 0 aliphatic carbocycles. The number of H-pyrrole nitrogens is 1. The lowest BCUT2D eigenvalue weighted by Crippen LogP contribution is -2.12. The van der Waals surface area contributed by atoms with E-state index in [2.05, 4.69) is 0 Å². The summed E-state index contributed by atoms with van der Waals surface area (Å²) in [6.07, 6.45) is -2.98. The standard InChI is InChI=1S/C7H5ClF3NO/c8-2-3-1-4(13)12-7(11)5(3)6(9)10/h1,6H,2H2,(H,12,13). The summed E-state index contributed by atoms with van der Waals surface area (Å²) in [6, 6.07) is 0.859. The van der Waals surface area contributed by atoms with Gasteiger partial charge >= 0.3 is 0 Å². The molecular formula is C7H5ClF3NO. The maximum atomic E-state index is 12.8. The zero-order valence-electron chi connectivity index (χ0n) is 6.28. The average molecular weight is 212 g/mol. The van der Waals surface area contributed by atoms with E-state index < -0.39 is 23.5 Å². The third kappa shape index (κ3) is 2.03. The topological polar surface area (TPSA) is 32.9 Å². The van der Waals surface area contributed by atoms with E-state index in [-0.39, 0.29) is 11.4 Å². The molecule has 0 aliphatic rings. The molecule has 0 saturated heterocycles. The number of rotatable bonds is 2. The molecular weight excluding hydrogens is 207 g/mol. The van der Waals surface area contributed by atoms with Crippen molar-refractivity contribution in [3.63, 3.8) is 0 Å². The van der Waals surface area contributed by atoms with Crippen LogP contribution in [0, 0.1) is 5.95 Å². The Morgan fingerprint density at radius 1 is 1.54 bits per heavy atom. The number of pyridine rings is 1. The maximum Gasteiger partial charge on any atom is 0.268 e. The maximum absolute atomic E-state index is 12.8. The molecule has 1 rings (SSSR count). The highest BCUT2D eigenvalue weighted by Crippen LogP contribution is 2.24. The van der Waals surface area contributed by atoms with Gasteiger partial charge in [-0.15, -0.1) is 11.6 Å². The normalized spacial score (nSPS) is 10.8. The van der Waals surface area contributed by atoms with E-state index in [1.165, 1.54) is 0 Å². The minimum absolute atomic E-state index is 0.182. The van der Waals surface area contributed by atoms with Gasteiger partial charge in [0.05, 0.1) is 5.56 Å². The Morgan fingerprint density at radius 2 is 2.15 bits per heavy atom. The molecule has 1 aromatic heterocycles. The van der Waals surface area contributed by atoms with Crippen molar-refractivity contribution < 1.29 is 13.2 Å². The Hall–Kier alpha value is -0.970. The Kier molecular flexibility index (Phi) is 2.98. The molecule has 0 aromatic carbocycles. The van der Waals surface area contributed by atoms with Crippen LogP contribution >= 0.6 is 11.6 Å². The summed E-state index contributed by atoms with van der Waals surface area (Å²) in [5.41, 5.74) is -1.80. The number of aromatic nitrogens is 1. The number of nitrogens with one attached hydrogen (secondary N) is 1. The van der Waals surface area contributed by atoms with Gasteiger partial charge in [-0.3, -0.25) is 9.78 Å². The van der Waals surface area contributed by atoms with Crippen LogP contribution in [0.25, 0.3) is 0 Å². The molecule has 72 valence electrons. The lowest BCUT2D eigenvalue weighted by molar-refractivity contribution is 0.144. The SMILES string of the molecule is O=c1cc(CCl)c(C(F)F)c(F)[nH]1. The van der Waals surface area contributed by atoms with Gasteiger partial charge in [0.25, 0.3) is 6.43 Å². The van der Waals surface area contributed by atoms with Gasteiger partial charge in [0, 0.05) is 11.9 Å². The average Bonchev–Trinajstić information content (AvgIpc) is 2.01. The first kappa shape index (κ1) is 10.1. The van der Waals surface area contributed by atoms with Gasteiger partial charge in [0.2, 0.25) is 11.5 Å². The van der Waals surface area contributed by atoms with Gasteiger partial charge in [-0.05, 0) is 5.56 Å². The summed E-state index contributed by atoms with van der Waals surface area (Å²) >= 11 is 5.27. The van der Waals surface area contributed by atoms with E-state index in [1.807, 2.05) is 0 Å². The van der Waals surface area contributed by atoms with Gasteiger partial charge < -0.3 is 0 Å². The van der Waals surface area contributed by atoms with E-state index in [1.54, 1.807) is 4.98 Å². The molecule has 0 saturated carbocycles. The Labute approximate surface area is 76.3 Å². The summed E-state index contributed by atoms with van der Waals surface area (Å²) in [6.45, 7) is 0. The summed E-state index contributed by atoms with van der Waals surface area (Å²) in [7, 11) is 0. The van der Waals surface area contributed by atoms with Crippen LogP contribution in [-0.4, -0.2) is 4.98 Å². The van der Waals surface area contributed by atoms with Crippen LogP contribution in [0.1, 0.15) is 17.6 Å². The minimum Gasteiger partial charge on any atom is -0.298 e. The predicted octanol–water partition coefficient (Wildman–Crippen LogP) is 2.19. The zero-order chi connectivity index (χ0) is 10.0. The van der Waals surface area contributed by atoms with Gasteiger partial charge in [-0.1, -0.05) is 0 Å². The van der Waals surface area contributed by atoms with Crippen molar-refractivity contribution in [1.29, 1.82) is 0 Å². The number of halogens is 4. The summed E-state index contributed by atoms with van der Waals surface area (Å²) in [5, 5.41) is 0. The quantitative estimate of drug-likeness (QED) is 0.590. The van der Waals surface area contributed by atoms with Crippen molar-refractivity contribution in [3.8, 4) is 0 Å². The number of hydrogen-bond donors (Lipinski definition) is 1. The van der Waals surface area contributed by atoms with Crippen LogP contribution in [-0.2, 0) is 5.88 Å². The first-order valence-corrected chi connectivity index (χ1v) is 3.85. The van der Waals surface area contributed by atoms with Crippen molar-refractivity contribution in [3.05, 3.63) is 33.5 Å². The fourth-order valence-electron chi connectivity index (χ4n) is 0.935. The molecule has 0 radical (unpaired) electrons. The second-order valence-corrected chi connectivity index (χ2v) is 2.59. The smallest absolute Gasteiger partial charge is 0.268 e. The first-order valence-electron chi connectivity index (χ1n) is 3.32. The fourth-order valence-corrected chi connectivity index (χ4v) is 1.16. The van der Waals surface area contributed by atoms with Crippen LogP contribution in [0.5, 0.6) is 0 Å². The number of aromatic amines is 1. The molecule has 0 unspecified atom stereocenters. The summed E-state index contributed by atoms with van der Waals surface area (Å²) in [5.74, 6) is -1.64. The molecule has 0 atom stereocenters. The highest BCUT2D eigenvalue weighted by atomic mass is 35.5. The Morgan fingerprint density at radius 3 is 2.62 bits per heavy atom. The van der Waals surface area contributed by atoms with Crippen molar-refractivity contribution in [2.24, 2.45) is 0 Å².